The van der Waals surface area contributed by atoms with E-state index in [1.165, 1.54) is 35.4 Å². The topological polar surface area (TPSA) is 62.6 Å². The summed E-state index contributed by atoms with van der Waals surface area (Å²) in [5.41, 5.74) is -0.348. The first-order valence-electron chi connectivity index (χ1n) is 8.03. The summed E-state index contributed by atoms with van der Waals surface area (Å²) in [6, 6.07) is 6.25. The smallest absolute Gasteiger partial charge is 0.416 e. The summed E-state index contributed by atoms with van der Waals surface area (Å²) in [5.74, 6) is -0.203. The second kappa shape index (κ2) is 6.86. The third kappa shape index (κ3) is 3.74. The number of furan rings is 1. The molecule has 26 heavy (non-hydrogen) atoms. The van der Waals surface area contributed by atoms with Crippen LogP contribution in [0, 0.1) is 6.92 Å². The van der Waals surface area contributed by atoms with E-state index in [0.717, 1.165) is 6.07 Å². The molecule has 1 aliphatic heterocycles. The number of aryl methyl sites for hydroxylation is 1. The number of halogens is 3. The summed E-state index contributed by atoms with van der Waals surface area (Å²) < 4.78 is 44.4. The highest BCUT2D eigenvalue weighted by molar-refractivity contribution is 5.95. The fourth-order valence-corrected chi connectivity index (χ4v) is 3.05. The van der Waals surface area contributed by atoms with E-state index in [9.17, 15) is 22.8 Å². The van der Waals surface area contributed by atoms with E-state index in [4.69, 9.17) is 4.42 Å². The molecular weight excluding hydrogens is 349 g/mol. The third-order valence-electron chi connectivity index (χ3n) is 4.34. The number of alkyl halides is 3. The summed E-state index contributed by atoms with van der Waals surface area (Å²) >= 11 is 0. The number of rotatable bonds is 4. The minimum atomic E-state index is -4.48. The zero-order chi connectivity index (χ0) is 18.9. The second-order valence-electron chi connectivity index (χ2n) is 6.19. The maximum Gasteiger partial charge on any atom is 0.416 e. The molecule has 1 fully saturated rings. The Labute approximate surface area is 147 Å². The van der Waals surface area contributed by atoms with Gasteiger partial charge in [0, 0.05) is 19.5 Å². The highest BCUT2D eigenvalue weighted by Crippen LogP contribution is 2.32. The van der Waals surface area contributed by atoms with Crippen molar-refractivity contribution in [2.24, 2.45) is 0 Å². The van der Waals surface area contributed by atoms with E-state index < -0.39 is 17.8 Å². The molecule has 5 nitrogen and oxygen atoms in total. The highest BCUT2D eigenvalue weighted by Gasteiger charge is 2.36. The number of carbonyl (C=O) groups is 2. The van der Waals surface area contributed by atoms with Crippen LogP contribution in [0.4, 0.5) is 13.2 Å². The summed E-state index contributed by atoms with van der Waals surface area (Å²) in [6.45, 7) is 1.66. The Bertz CT molecular complexity index is 829. The van der Waals surface area contributed by atoms with Gasteiger partial charge in [-0.05, 0) is 24.6 Å². The van der Waals surface area contributed by atoms with Crippen molar-refractivity contribution in [3.63, 3.8) is 0 Å². The van der Waals surface area contributed by atoms with Crippen molar-refractivity contribution in [2.75, 3.05) is 6.54 Å². The zero-order valence-electron chi connectivity index (χ0n) is 14.0. The van der Waals surface area contributed by atoms with E-state index in [1.54, 1.807) is 6.92 Å². The van der Waals surface area contributed by atoms with Crippen molar-refractivity contribution in [1.82, 2.24) is 10.2 Å². The molecule has 1 atom stereocenters. The van der Waals surface area contributed by atoms with Gasteiger partial charge in [-0.2, -0.15) is 13.2 Å². The monoisotopic (exact) mass is 366 g/mol. The normalized spacial score (nSPS) is 17.6. The SMILES string of the molecule is Cc1occc1C(=O)N[C@@H]1CC(=O)N(Cc2ccccc2C(F)(F)F)C1. The average Bonchev–Trinajstić information content (AvgIpc) is 3.13. The number of nitrogens with zero attached hydrogens (tertiary/aromatic N) is 1. The van der Waals surface area contributed by atoms with E-state index in [-0.39, 0.29) is 36.9 Å². The predicted octanol–water partition coefficient (Wildman–Crippen LogP) is 3.14. The van der Waals surface area contributed by atoms with Gasteiger partial charge in [0.25, 0.3) is 5.91 Å². The minimum Gasteiger partial charge on any atom is -0.469 e. The lowest BCUT2D eigenvalue weighted by Gasteiger charge is -2.20. The summed E-state index contributed by atoms with van der Waals surface area (Å²) in [7, 11) is 0. The molecule has 8 heteroatoms. The lowest BCUT2D eigenvalue weighted by molar-refractivity contribution is -0.139. The Hall–Kier alpha value is -2.77. The first kappa shape index (κ1) is 18.0. The molecule has 1 aromatic carbocycles. The molecule has 0 aliphatic carbocycles. The number of amides is 2. The molecule has 1 aromatic heterocycles. The second-order valence-corrected chi connectivity index (χ2v) is 6.19. The molecule has 1 aliphatic rings. The van der Waals surface area contributed by atoms with Crippen LogP contribution in [-0.2, 0) is 17.5 Å². The van der Waals surface area contributed by atoms with Gasteiger partial charge in [-0.15, -0.1) is 0 Å². The number of nitrogens with one attached hydrogen (secondary N) is 1. The van der Waals surface area contributed by atoms with Crippen molar-refractivity contribution in [1.29, 1.82) is 0 Å². The van der Waals surface area contributed by atoms with Crippen LogP contribution in [-0.4, -0.2) is 29.3 Å². The number of benzene rings is 1. The molecule has 2 heterocycles. The van der Waals surface area contributed by atoms with E-state index in [2.05, 4.69) is 5.32 Å². The van der Waals surface area contributed by atoms with Gasteiger partial charge >= 0.3 is 6.18 Å². The van der Waals surface area contributed by atoms with Gasteiger partial charge in [0.2, 0.25) is 5.91 Å². The first-order valence-corrected chi connectivity index (χ1v) is 8.03. The van der Waals surface area contributed by atoms with Crippen molar-refractivity contribution in [3.8, 4) is 0 Å². The van der Waals surface area contributed by atoms with Gasteiger partial charge in [0.1, 0.15) is 5.76 Å². The average molecular weight is 366 g/mol. The third-order valence-corrected chi connectivity index (χ3v) is 4.34. The Balaban J connectivity index is 1.68. The van der Waals surface area contributed by atoms with E-state index in [1.807, 2.05) is 0 Å². The quantitative estimate of drug-likeness (QED) is 0.904. The van der Waals surface area contributed by atoms with Gasteiger partial charge in [-0.3, -0.25) is 9.59 Å². The fourth-order valence-electron chi connectivity index (χ4n) is 3.05. The largest absolute Gasteiger partial charge is 0.469 e. The maximum atomic E-state index is 13.1. The zero-order valence-corrected chi connectivity index (χ0v) is 14.0. The van der Waals surface area contributed by atoms with Gasteiger partial charge in [-0.1, -0.05) is 18.2 Å². The molecule has 0 radical (unpaired) electrons. The Morgan fingerprint density at radius 2 is 2.04 bits per heavy atom. The first-order chi connectivity index (χ1) is 12.3. The van der Waals surface area contributed by atoms with Gasteiger partial charge in [0.15, 0.2) is 0 Å². The lowest BCUT2D eigenvalue weighted by atomic mass is 10.1. The molecule has 0 spiro atoms. The Kier molecular flexibility index (Phi) is 4.76. The van der Waals surface area contributed by atoms with Crippen LogP contribution in [0.25, 0.3) is 0 Å². The van der Waals surface area contributed by atoms with E-state index >= 15 is 0 Å². The van der Waals surface area contributed by atoms with Crippen molar-refractivity contribution >= 4 is 11.8 Å². The maximum absolute atomic E-state index is 13.1. The number of likely N-dealkylation sites (tertiary alicyclic amines) is 1. The van der Waals surface area contributed by atoms with Gasteiger partial charge in [0.05, 0.1) is 23.4 Å². The molecule has 138 valence electrons. The molecular formula is C18H17F3N2O3. The Morgan fingerprint density at radius 1 is 1.31 bits per heavy atom. The fraction of sp³-hybridized carbons (Fsp3) is 0.333. The molecule has 1 N–H and O–H groups in total. The minimum absolute atomic E-state index is 0.0333. The summed E-state index contributed by atoms with van der Waals surface area (Å²) in [5, 5.41) is 2.73. The van der Waals surface area contributed by atoms with Crippen LogP contribution >= 0.6 is 0 Å². The van der Waals surface area contributed by atoms with Crippen molar-refractivity contribution < 1.29 is 27.2 Å². The number of hydrogen-bond donors (Lipinski definition) is 1. The molecule has 0 bridgehead atoms. The van der Waals surface area contributed by atoms with Crippen molar-refractivity contribution in [3.05, 3.63) is 59.0 Å². The number of carbonyl (C=O) groups excluding carboxylic acids is 2. The molecule has 0 unspecified atom stereocenters. The molecule has 2 amide bonds. The van der Waals surface area contributed by atoms with Crippen molar-refractivity contribution in [2.45, 2.75) is 32.1 Å². The van der Waals surface area contributed by atoms with Crippen LogP contribution in [0.2, 0.25) is 0 Å². The van der Waals surface area contributed by atoms with Crippen LogP contribution in [0.1, 0.15) is 33.7 Å². The lowest BCUT2D eigenvalue weighted by Crippen LogP contribution is -2.37. The Morgan fingerprint density at radius 3 is 2.69 bits per heavy atom. The molecule has 0 saturated carbocycles. The molecule has 1 saturated heterocycles. The van der Waals surface area contributed by atoms with Crippen LogP contribution in [0.5, 0.6) is 0 Å². The summed E-state index contributed by atoms with van der Waals surface area (Å²) in [6.07, 6.45) is -3.03. The van der Waals surface area contributed by atoms with E-state index in [0.29, 0.717) is 11.3 Å². The van der Waals surface area contributed by atoms with Gasteiger partial charge in [-0.25, -0.2) is 0 Å². The number of hydrogen-bond acceptors (Lipinski definition) is 3. The predicted molar refractivity (Wildman–Crippen MR) is 86.2 cm³/mol. The standard InChI is InChI=1S/C18H17F3N2O3/c1-11-14(6-7-26-11)17(25)22-13-8-16(24)23(10-13)9-12-4-2-3-5-15(12)18(19,20)21/h2-7,13H,8-10H2,1H3,(H,22,25)/t13-/m1/s1. The highest BCUT2D eigenvalue weighted by atomic mass is 19.4. The van der Waals surface area contributed by atoms with Crippen LogP contribution in [0.15, 0.2) is 41.0 Å². The molecule has 2 aromatic rings. The van der Waals surface area contributed by atoms with Crippen LogP contribution < -0.4 is 5.32 Å². The van der Waals surface area contributed by atoms with Gasteiger partial charge < -0.3 is 14.6 Å². The van der Waals surface area contributed by atoms with Crippen LogP contribution in [0.3, 0.4) is 0 Å². The molecule has 3 rings (SSSR count). The summed E-state index contributed by atoms with van der Waals surface area (Å²) in [4.78, 5) is 25.7.